The lowest BCUT2D eigenvalue weighted by Crippen LogP contribution is -2.46. The van der Waals surface area contributed by atoms with E-state index < -0.39 is 11.7 Å². The van der Waals surface area contributed by atoms with Crippen molar-refractivity contribution in [3.8, 4) is 11.5 Å². The van der Waals surface area contributed by atoms with E-state index in [0.717, 1.165) is 11.1 Å². The van der Waals surface area contributed by atoms with Crippen LogP contribution in [-0.4, -0.2) is 21.9 Å². The van der Waals surface area contributed by atoms with Gasteiger partial charge in [0.15, 0.2) is 0 Å². The molecule has 3 nitrogen and oxygen atoms in total. The van der Waals surface area contributed by atoms with E-state index in [1.807, 2.05) is 62.4 Å². The first-order chi connectivity index (χ1) is 10.5. The van der Waals surface area contributed by atoms with E-state index in [9.17, 15) is 10.2 Å². The van der Waals surface area contributed by atoms with Gasteiger partial charge in [0.2, 0.25) is 0 Å². The van der Waals surface area contributed by atoms with Crippen molar-refractivity contribution in [2.75, 3.05) is 0 Å². The summed E-state index contributed by atoms with van der Waals surface area (Å²) in [5.41, 5.74) is 1.98. The number of fused-ring (bicyclic) bond motifs is 1. The molecule has 1 atom stereocenters. The summed E-state index contributed by atoms with van der Waals surface area (Å²) in [6.45, 7) is 3.70. The van der Waals surface area contributed by atoms with Crippen molar-refractivity contribution in [3.63, 3.8) is 0 Å². The average Bonchev–Trinajstić information content (AvgIpc) is 2.48. The van der Waals surface area contributed by atoms with Crippen LogP contribution < -0.4 is 4.74 Å². The van der Waals surface area contributed by atoms with Gasteiger partial charge in [-0.15, -0.1) is 0 Å². The minimum absolute atomic E-state index is 0.166. The molecule has 1 aliphatic rings. The highest BCUT2D eigenvalue weighted by atomic mass is 16.5. The number of aromatic hydroxyl groups is 1. The first kappa shape index (κ1) is 14.7. The van der Waals surface area contributed by atoms with Crippen molar-refractivity contribution in [2.24, 2.45) is 0 Å². The van der Waals surface area contributed by atoms with Crippen LogP contribution in [0.25, 0.3) is 12.2 Å². The van der Waals surface area contributed by atoms with Gasteiger partial charge in [-0.2, -0.15) is 0 Å². The van der Waals surface area contributed by atoms with Crippen molar-refractivity contribution < 1.29 is 14.9 Å². The van der Waals surface area contributed by atoms with Crippen molar-refractivity contribution in [2.45, 2.75) is 32.0 Å². The van der Waals surface area contributed by atoms with Crippen LogP contribution in [0.2, 0.25) is 0 Å². The first-order valence-electron chi connectivity index (χ1n) is 7.42. The molecule has 3 heteroatoms. The molecular weight excluding hydrogens is 276 g/mol. The van der Waals surface area contributed by atoms with E-state index in [4.69, 9.17) is 4.74 Å². The van der Waals surface area contributed by atoms with Gasteiger partial charge in [-0.25, -0.2) is 0 Å². The first-order valence-corrected chi connectivity index (χ1v) is 7.42. The van der Waals surface area contributed by atoms with Gasteiger partial charge in [0, 0.05) is 12.0 Å². The summed E-state index contributed by atoms with van der Waals surface area (Å²) in [4.78, 5) is 0. The Hall–Kier alpha value is -2.26. The van der Waals surface area contributed by atoms with Crippen LogP contribution in [0.15, 0.2) is 42.5 Å². The Bertz CT molecular complexity index is 702. The number of phenols is 1. The quantitative estimate of drug-likeness (QED) is 0.832. The highest BCUT2D eigenvalue weighted by Gasteiger charge is 2.36. The molecule has 0 unspecified atom stereocenters. The highest BCUT2D eigenvalue weighted by molar-refractivity contribution is 5.71. The number of hydrogen-bond acceptors (Lipinski definition) is 3. The van der Waals surface area contributed by atoms with E-state index in [2.05, 4.69) is 0 Å². The number of ether oxygens (including phenoxy) is 1. The molecule has 0 bridgehead atoms. The molecule has 0 aromatic heterocycles. The molecule has 0 amide bonds. The van der Waals surface area contributed by atoms with Crippen molar-refractivity contribution in [1.82, 2.24) is 0 Å². The highest BCUT2D eigenvalue weighted by Crippen LogP contribution is 2.39. The van der Waals surface area contributed by atoms with Gasteiger partial charge < -0.3 is 14.9 Å². The van der Waals surface area contributed by atoms with E-state index in [1.165, 1.54) is 0 Å². The SMILES string of the molecule is CC1(C)Oc2cc(C=Cc3ccccc3)cc(O)c2C[C@H]1O. The molecule has 0 aliphatic carbocycles. The zero-order chi connectivity index (χ0) is 15.7. The molecule has 0 fully saturated rings. The summed E-state index contributed by atoms with van der Waals surface area (Å²) in [6.07, 6.45) is 3.70. The number of aliphatic hydroxyl groups is 1. The molecule has 1 heterocycles. The number of aliphatic hydroxyl groups excluding tert-OH is 1. The van der Waals surface area contributed by atoms with Crippen LogP contribution in [0.1, 0.15) is 30.5 Å². The summed E-state index contributed by atoms with van der Waals surface area (Å²) in [6, 6.07) is 13.6. The average molecular weight is 296 g/mol. The lowest BCUT2D eigenvalue weighted by molar-refractivity contribution is -0.0417. The Kier molecular flexibility index (Phi) is 3.67. The number of benzene rings is 2. The smallest absolute Gasteiger partial charge is 0.129 e. The fourth-order valence-electron chi connectivity index (χ4n) is 2.59. The predicted octanol–water partition coefficient (Wildman–Crippen LogP) is 3.64. The zero-order valence-electron chi connectivity index (χ0n) is 12.8. The summed E-state index contributed by atoms with van der Waals surface area (Å²) in [5, 5.41) is 20.3. The number of hydrogen-bond donors (Lipinski definition) is 2. The molecule has 0 spiro atoms. The minimum atomic E-state index is -0.652. The molecule has 0 saturated heterocycles. The molecule has 2 aromatic rings. The Morgan fingerprint density at radius 1 is 1.09 bits per heavy atom. The Balaban J connectivity index is 1.93. The fraction of sp³-hybridized carbons (Fsp3) is 0.263. The second-order valence-electron chi connectivity index (χ2n) is 6.19. The van der Waals surface area contributed by atoms with Gasteiger partial charge >= 0.3 is 0 Å². The maximum Gasteiger partial charge on any atom is 0.129 e. The predicted molar refractivity (Wildman–Crippen MR) is 87.9 cm³/mol. The van der Waals surface area contributed by atoms with Crippen LogP contribution in [0.4, 0.5) is 0 Å². The Morgan fingerprint density at radius 3 is 2.50 bits per heavy atom. The Labute approximate surface area is 130 Å². The number of phenolic OH excluding ortho intramolecular Hbond substituents is 1. The van der Waals surface area contributed by atoms with E-state index in [-0.39, 0.29) is 5.75 Å². The molecule has 114 valence electrons. The van der Waals surface area contributed by atoms with Crippen LogP contribution in [0.3, 0.4) is 0 Å². The molecule has 3 rings (SSSR count). The van der Waals surface area contributed by atoms with Crippen molar-refractivity contribution in [3.05, 3.63) is 59.2 Å². The topological polar surface area (TPSA) is 49.7 Å². The molecule has 2 N–H and O–H groups in total. The van der Waals surface area contributed by atoms with E-state index in [1.54, 1.807) is 6.07 Å². The summed E-state index contributed by atoms with van der Waals surface area (Å²) >= 11 is 0. The van der Waals surface area contributed by atoms with Gasteiger partial charge in [-0.1, -0.05) is 42.5 Å². The van der Waals surface area contributed by atoms with Gasteiger partial charge in [-0.3, -0.25) is 0 Å². The maximum atomic E-state index is 10.2. The monoisotopic (exact) mass is 296 g/mol. The van der Waals surface area contributed by atoms with Crippen LogP contribution in [0.5, 0.6) is 11.5 Å². The zero-order valence-corrected chi connectivity index (χ0v) is 12.8. The molecule has 0 saturated carbocycles. The Morgan fingerprint density at radius 2 is 1.77 bits per heavy atom. The third kappa shape index (κ3) is 2.85. The van der Waals surface area contributed by atoms with Crippen LogP contribution in [0, 0.1) is 0 Å². The molecule has 2 aromatic carbocycles. The van der Waals surface area contributed by atoms with E-state index in [0.29, 0.717) is 17.7 Å². The molecule has 1 aliphatic heterocycles. The maximum absolute atomic E-state index is 10.2. The fourth-order valence-corrected chi connectivity index (χ4v) is 2.59. The minimum Gasteiger partial charge on any atom is -0.508 e. The summed E-state index contributed by atoms with van der Waals surface area (Å²) < 4.78 is 5.86. The molecule has 0 radical (unpaired) electrons. The summed E-state index contributed by atoms with van der Waals surface area (Å²) in [5.74, 6) is 0.808. The third-order valence-corrected chi connectivity index (χ3v) is 4.05. The van der Waals surface area contributed by atoms with Gasteiger partial charge in [0.25, 0.3) is 0 Å². The molecule has 22 heavy (non-hydrogen) atoms. The van der Waals surface area contributed by atoms with Crippen LogP contribution >= 0.6 is 0 Å². The number of rotatable bonds is 2. The van der Waals surface area contributed by atoms with Crippen molar-refractivity contribution in [1.29, 1.82) is 0 Å². The lowest BCUT2D eigenvalue weighted by atomic mass is 9.90. The second kappa shape index (κ2) is 5.50. The molecular formula is C19H20O3. The largest absolute Gasteiger partial charge is 0.508 e. The van der Waals surface area contributed by atoms with Gasteiger partial charge in [0.05, 0.1) is 6.10 Å². The lowest BCUT2D eigenvalue weighted by Gasteiger charge is -2.37. The van der Waals surface area contributed by atoms with Crippen molar-refractivity contribution >= 4 is 12.2 Å². The summed E-state index contributed by atoms with van der Waals surface area (Å²) in [7, 11) is 0. The van der Waals surface area contributed by atoms with Crippen LogP contribution in [-0.2, 0) is 6.42 Å². The van der Waals surface area contributed by atoms with Gasteiger partial charge in [-0.05, 0) is 37.1 Å². The standard InChI is InChI=1S/C19H20O3/c1-19(2)18(21)12-15-16(20)10-14(11-17(15)22-19)9-8-13-6-4-3-5-7-13/h3-11,18,20-21H,12H2,1-2H3/t18-/m1/s1. The third-order valence-electron chi connectivity index (χ3n) is 4.05. The normalized spacial score (nSPS) is 19.7. The second-order valence-corrected chi connectivity index (χ2v) is 6.19. The van der Waals surface area contributed by atoms with Gasteiger partial charge in [0.1, 0.15) is 17.1 Å². The van der Waals surface area contributed by atoms with E-state index >= 15 is 0 Å².